The fourth-order valence-electron chi connectivity index (χ4n) is 3.61. The van der Waals surface area contributed by atoms with Crippen molar-refractivity contribution in [3.05, 3.63) is 138 Å². The van der Waals surface area contributed by atoms with E-state index in [1.807, 2.05) is 115 Å². The third-order valence-corrected chi connectivity index (χ3v) is 5.12. The van der Waals surface area contributed by atoms with Crippen LogP contribution in [0.1, 0.15) is 22.3 Å². The molecule has 4 aromatic rings. The summed E-state index contributed by atoms with van der Waals surface area (Å²) >= 11 is 0. The summed E-state index contributed by atoms with van der Waals surface area (Å²) in [5.74, 6) is 0.783. The normalized spacial score (nSPS) is 11.2. The van der Waals surface area contributed by atoms with Gasteiger partial charge in [-0.1, -0.05) is 103 Å². The first-order valence-electron chi connectivity index (χ1n) is 9.62. The Kier molecular flexibility index (Phi) is 5.71. The van der Waals surface area contributed by atoms with Crippen LogP contribution in [-0.2, 0) is 12.1 Å². The van der Waals surface area contributed by atoms with Crippen molar-refractivity contribution in [1.82, 2.24) is 5.48 Å². The first-order valence-corrected chi connectivity index (χ1v) is 9.62. The van der Waals surface area contributed by atoms with Crippen LogP contribution in [0.3, 0.4) is 0 Å². The molecule has 0 spiro atoms. The molecule has 0 bridgehead atoms. The molecule has 0 radical (unpaired) electrons. The molecule has 0 aromatic heterocycles. The van der Waals surface area contributed by atoms with Gasteiger partial charge in [0.15, 0.2) is 0 Å². The van der Waals surface area contributed by atoms with Gasteiger partial charge in [-0.15, -0.1) is 0 Å². The molecule has 0 aliphatic carbocycles. The van der Waals surface area contributed by atoms with Crippen LogP contribution in [0.25, 0.3) is 0 Å². The van der Waals surface area contributed by atoms with E-state index >= 15 is 0 Å². The second-order valence-corrected chi connectivity index (χ2v) is 6.89. The zero-order chi connectivity index (χ0) is 19.9. The van der Waals surface area contributed by atoms with Gasteiger partial charge in [0.25, 0.3) is 0 Å². The number of benzene rings is 4. The molecule has 0 atom stereocenters. The van der Waals surface area contributed by atoms with Gasteiger partial charge in [-0.05, 0) is 34.4 Å². The van der Waals surface area contributed by atoms with Gasteiger partial charge in [0.1, 0.15) is 17.9 Å². The monoisotopic (exact) mass is 381 g/mol. The van der Waals surface area contributed by atoms with E-state index in [0.717, 1.165) is 28.0 Å². The molecular weight excluding hydrogens is 358 g/mol. The second kappa shape index (κ2) is 8.74. The van der Waals surface area contributed by atoms with Crippen LogP contribution in [0.5, 0.6) is 5.75 Å². The fraction of sp³-hybridized carbons (Fsp3) is 0.0769. The zero-order valence-electron chi connectivity index (χ0n) is 16.0. The van der Waals surface area contributed by atoms with Crippen LogP contribution >= 0.6 is 0 Å². The van der Waals surface area contributed by atoms with E-state index in [-0.39, 0.29) is 0 Å². The van der Waals surface area contributed by atoms with Crippen LogP contribution in [0.2, 0.25) is 0 Å². The average Bonchev–Trinajstić information content (AvgIpc) is 2.81. The van der Waals surface area contributed by atoms with Crippen molar-refractivity contribution in [3.63, 3.8) is 0 Å². The van der Waals surface area contributed by atoms with Crippen LogP contribution in [0.15, 0.2) is 115 Å². The molecular formula is C26H23NO2. The van der Waals surface area contributed by atoms with E-state index in [9.17, 15) is 5.21 Å². The third-order valence-electron chi connectivity index (χ3n) is 5.12. The highest BCUT2D eigenvalue weighted by Gasteiger charge is 2.35. The van der Waals surface area contributed by atoms with Crippen molar-refractivity contribution in [2.45, 2.75) is 12.1 Å². The molecule has 4 rings (SSSR count). The fourth-order valence-corrected chi connectivity index (χ4v) is 3.61. The summed E-state index contributed by atoms with van der Waals surface area (Å²) in [5.41, 5.74) is 5.67. The molecule has 3 nitrogen and oxygen atoms in total. The molecule has 29 heavy (non-hydrogen) atoms. The highest BCUT2D eigenvalue weighted by Crippen LogP contribution is 2.37. The Morgan fingerprint density at radius 2 is 1.03 bits per heavy atom. The van der Waals surface area contributed by atoms with Gasteiger partial charge in [0.05, 0.1) is 0 Å². The number of hydrogen-bond donors (Lipinski definition) is 2. The number of rotatable bonds is 7. The SMILES string of the molecule is ONC(c1ccccc1)(c1ccccc1)c1ccc(OCc2ccccc2)cc1. The summed E-state index contributed by atoms with van der Waals surface area (Å²) in [6.07, 6.45) is 0. The standard InChI is InChI=1S/C26H23NO2/c28-27-26(22-12-6-2-7-13-22,23-14-8-3-9-15-23)24-16-18-25(19-17-24)29-20-21-10-4-1-5-11-21/h1-19,27-28H,20H2. The van der Waals surface area contributed by atoms with Gasteiger partial charge in [-0.2, -0.15) is 5.48 Å². The van der Waals surface area contributed by atoms with Crippen molar-refractivity contribution in [1.29, 1.82) is 0 Å². The van der Waals surface area contributed by atoms with Crippen molar-refractivity contribution >= 4 is 0 Å². The van der Waals surface area contributed by atoms with E-state index in [4.69, 9.17) is 4.74 Å². The lowest BCUT2D eigenvalue weighted by Gasteiger charge is -2.34. The molecule has 0 saturated carbocycles. The Labute approximate surface area is 171 Å². The highest BCUT2D eigenvalue weighted by atomic mass is 16.5. The smallest absolute Gasteiger partial charge is 0.119 e. The van der Waals surface area contributed by atoms with Gasteiger partial charge >= 0.3 is 0 Å². The Morgan fingerprint density at radius 1 is 0.586 bits per heavy atom. The molecule has 144 valence electrons. The number of ether oxygens (including phenoxy) is 1. The summed E-state index contributed by atoms with van der Waals surface area (Å²) in [7, 11) is 0. The summed E-state index contributed by atoms with van der Waals surface area (Å²) in [6, 6.07) is 37.8. The lowest BCUT2D eigenvalue weighted by molar-refractivity contribution is 0.103. The molecule has 0 aliphatic heterocycles. The minimum absolute atomic E-state index is 0.515. The predicted octanol–water partition coefficient (Wildman–Crippen LogP) is 5.54. The maximum atomic E-state index is 10.4. The lowest BCUT2D eigenvalue weighted by atomic mass is 9.78. The van der Waals surface area contributed by atoms with Crippen molar-refractivity contribution in [2.75, 3.05) is 0 Å². The van der Waals surface area contributed by atoms with Crippen molar-refractivity contribution in [3.8, 4) is 5.75 Å². The van der Waals surface area contributed by atoms with Gasteiger partial charge in [-0.3, -0.25) is 0 Å². The zero-order valence-corrected chi connectivity index (χ0v) is 16.0. The van der Waals surface area contributed by atoms with Crippen molar-refractivity contribution in [2.24, 2.45) is 0 Å². The van der Waals surface area contributed by atoms with E-state index in [1.165, 1.54) is 0 Å². The lowest BCUT2D eigenvalue weighted by Crippen LogP contribution is -2.42. The van der Waals surface area contributed by atoms with E-state index < -0.39 is 5.54 Å². The predicted molar refractivity (Wildman–Crippen MR) is 115 cm³/mol. The quantitative estimate of drug-likeness (QED) is 0.326. The van der Waals surface area contributed by atoms with Gasteiger partial charge < -0.3 is 9.94 Å². The van der Waals surface area contributed by atoms with E-state index in [0.29, 0.717) is 6.61 Å². The molecule has 4 aromatic carbocycles. The number of hydrogen-bond acceptors (Lipinski definition) is 3. The maximum absolute atomic E-state index is 10.4. The van der Waals surface area contributed by atoms with Crippen LogP contribution in [-0.4, -0.2) is 5.21 Å². The van der Waals surface area contributed by atoms with Crippen LogP contribution in [0, 0.1) is 0 Å². The second-order valence-electron chi connectivity index (χ2n) is 6.89. The molecule has 0 unspecified atom stereocenters. The summed E-state index contributed by atoms with van der Waals surface area (Å²) < 4.78 is 5.92. The Morgan fingerprint density at radius 3 is 1.52 bits per heavy atom. The largest absolute Gasteiger partial charge is 0.489 e. The minimum Gasteiger partial charge on any atom is -0.489 e. The highest BCUT2D eigenvalue weighted by molar-refractivity contribution is 5.50. The van der Waals surface area contributed by atoms with Crippen LogP contribution < -0.4 is 10.2 Å². The Hall–Kier alpha value is -3.40. The van der Waals surface area contributed by atoms with Gasteiger partial charge in [0.2, 0.25) is 0 Å². The number of hydroxylamine groups is 1. The van der Waals surface area contributed by atoms with E-state index in [1.54, 1.807) is 0 Å². The van der Waals surface area contributed by atoms with Crippen molar-refractivity contribution < 1.29 is 9.94 Å². The maximum Gasteiger partial charge on any atom is 0.119 e. The summed E-state index contributed by atoms with van der Waals surface area (Å²) in [6.45, 7) is 0.515. The topological polar surface area (TPSA) is 41.5 Å². The first-order chi connectivity index (χ1) is 14.3. The molecule has 3 heteroatoms. The molecule has 0 aliphatic rings. The average molecular weight is 381 g/mol. The summed E-state index contributed by atoms with van der Waals surface area (Å²) in [5, 5.41) is 10.4. The Bertz CT molecular complexity index is 977. The molecule has 0 saturated heterocycles. The molecule has 0 heterocycles. The molecule has 2 N–H and O–H groups in total. The van der Waals surface area contributed by atoms with E-state index in [2.05, 4.69) is 5.48 Å². The minimum atomic E-state index is -0.875. The third kappa shape index (κ3) is 3.92. The molecule has 0 fully saturated rings. The number of nitrogens with one attached hydrogen (secondary N) is 1. The first kappa shape index (κ1) is 18.9. The Balaban J connectivity index is 1.68. The summed E-state index contributed by atoms with van der Waals surface area (Å²) in [4.78, 5) is 0. The molecule has 0 amide bonds. The van der Waals surface area contributed by atoms with Gasteiger partial charge in [0, 0.05) is 0 Å². The van der Waals surface area contributed by atoms with Crippen LogP contribution in [0.4, 0.5) is 0 Å². The van der Waals surface area contributed by atoms with Gasteiger partial charge in [-0.25, -0.2) is 0 Å².